The second kappa shape index (κ2) is 4.64. The first-order valence-electron chi connectivity index (χ1n) is 5.66. The molecule has 1 N–H and O–H groups in total. The van der Waals surface area contributed by atoms with Gasteiger partial charge in [-0.2, -0.15) is 9.40 Å². The lowest BCUT2D eigenvalue weighted by atomic mass is 10.1. The number of rotatable bonds is 4. The number of hydrogen-bond donors (Lipinski definition) is 1. The second-order valence-corrected chi connectivity index (χ2v) is 6.97. The number of sulfonamides is 1. The van der Waals surface area contributed by atoms with Crippen LogP contribution in [0.2, 0.25) is 0 Å². The third-order valence-electron chi connectivity index (χ3n) is 3.30. The SMILES string of the molecule is Cc1nn(C)c(C)c1S(=O)(=O)N(C)C(C)(C)CO. The van der Waals surface area contributed by atoms with Gasteiger partial charge < -0.3 is 5.11 Å². The number of nitrogens with zero attached hydrogens (tertiary/aromatic N) is 3. The molecule has 0 unspecified atom stereocenters. The highest BCUT2D eigenvalue weighted by atomic mass is 32.2. The summed E-state index contributed by atoms with van der Waals surface area (Å²) in [4.78, 5) is 0.217. The number of likely N-dealkylation sites (N-methyl/N-ethyl adjacent to an activating group) is 1. The molecule has 0 bridgehead atoms. The van der Waals surface area contributed by atoms with E-state index in [2.05, 4.69) is 5.10 Å². The highest BCUT2D eigenvalue weighted by molar-refractivity contribution is 7.89. The van der Waals surface area contributed by atoms with E-state index in [1.165, 1.54) is 11.4 Å². The summed E-state index contributed by atoms with van der Waals surface area (Å²) in [7, 11) is -0.483. The fourth-order valence-electron chi connectivity index (χ4n) is 1.69. The molecule has 0 atom stereocenters. The smallest absolute Gasteiger partial charge is 0.247 e. The molecule has 0 radical (unpaired) electrons. The average molecular weight is 275 g/mol. The molecule has 0 saturated carbocycles. The Morgan fingerprint density at radius 1 is 1.39 bits per heavy atom. The number of aliphatic hydroxyl groups excluding tert-OH is 1. The van der Waals surface area contributed by atoms with E-state index < -0.39 is 15.6 Å². The molecule has 1 aromatic heterocycles. The monoisotopic (exact) mass is 275 g/mol. The molecule has 0 fully saturated rings. The third-order valence-corrected chi connectivity index (χ3v) is 5.62. The average Bonchev–Trinajstić information content (AvgIpc) is 2.52. The van der Waals surface area contributed by atoms with Crippen LogP contribution in [0.3, 0.4) is 0 Å². The normalized spacial score (nSPS) is 13.3. The van der Waals surface area contributed by atoms with Crippen molar-refractivity contribution in [1.82, 2.24) is 14.1 Å². The van der Waals surface area contributed by atoms with Gasteiger partial charge in [-0.25, -0.2) is 8.42 Å². The van der Waals surface area contributed by atoms with Crippen molar-refractivity contribution in [2.45, 2.75) is 38.1 Å². The van der Waals surface area contributed by atoms with Crippen LogP contribution >= 0.6 is 0 Å². The number of aromatic nitrogens is 2. The van der Waals surface area contributed by atoms with E-state index in [9.17, 15) is 13.5 Å². The minimum Gasteiger partial charge on any atom is -0.394 e. The van der Waals surface area contributed by atoms with Gasteiger partial charge in [-0.1, -0.05) is 0 Å². The molecule has 0 aromatic carbocycles. The molecule has 18 heavy (non-hydrogen) atoms. The van der Waals surface area contributed by atoms with E-state index in [0.717, 1.165) is 0 Å². The first kappa shape index (κ1) is 15.1. The zero-order valence-corrected chi connectivity index (χ0v) is 12.5. The van der Waals surface area contributed by atoms with Crippen LogP contribution in [0, 0.1) is 13.8 Å². The molecule has 0 aliphatic rings. The van der Waals surface area contributed by atoms with Crippen molar-refractivity contribution in [2.24, 2.45) is 7.05 Å². The fourth-order valence-corrected chi connectivity index (χ4v) is 3.59. The molecule has 0 aliphatic carbocycles. The quantitative estimate of drug-likeness (QED) is 0.864. The molecular formula is C11H21N3O3S. The lowest BCUT2D eigenvalue weighted by Crippen LogP contribution is -2.47. The minimum absolute atomic E-state index is 0.217. The van der Waals surface area contributed by atoms with E-state index in [1.807, 2.05) is 0 Å². The van der Waals surface area contributed by atoms with Crippen molar-refractivity contribution in [3.63, 3.8) is 0 Å². The molecule has 1 aromatic rings. The third kappa shape index (κ3) is 2.30. The van der Waals surface area contributed by atoms with Gasteiger partial charge in [-0.3, -0.25) is 4.68 Å². The largest absolute Gasteiger partial charge is 0.394 e. The zero-order chi connectivity index (χ0) is 14.3. The van der Waals surface area contributed by atoms with Crippen molar-refractivity contribution in [3.8, 4) is 0 Å². The van der Waals surface area contributed by atoms with Gasteiger partial charge in [0.1, 0.15) is 4.90 Å². The van der Waals surface area contributed by atoms with Crippen LogP contribution in [0.15, 0.2) is 4.90 Å². The summed E-state index contributed by atoms with van der Waals surface area (Å²) < 4.78 is 27.8. The number of aliphatic hydroxyl groups is 1. The van der Waals surface area contributed by atoms with Gasteiger partial charge in [0.15, 0.2) is 0 Å². The maximum absolute atomic E-state index is 12.6. The Balaban J connectivity index is 3.39. The van der Waals surface area contributed by atoms with Crippen LogP contribution in [0.1, 0.15) is 25.2 Å². The fraction of sp³-hybridized carbons (Fsp3) is 0.727. The van der Waals surface area contributed by atoms with Gasteiger partial charge in [0.2, 0.25) is 10.0 Å². The minimum atomic E-state index is -3.66. The van der Waals surface area contributed by atoms with Gasteiger partial charge in [0.05, 0.1) is 23.5 Å². The van der Waals surface area contributed by atoms with E-state index >= 15 is 0 Å². The van der Waals surface area contributed by atoms with Crippen molar-refractivity contribution in [3.05, 3.63) is 11.4 Å². The maximum Gasteiger partial charge on any atom is 0.247 e. The summed E-state index contributed by atoms with van der Waals surface area (Å²) in [5, 5.41) is 13.4. The summed E-state index contributed by atoms with van der Waals surface area (Å²) in [6.07, 6.45) is 0. The van der Waals surface area contributed by atoms with Gasteiger partial charge in [-0.15, -0.1) is 0 Å². The van der Waals surface area contributed by atoms with Crippen LogP contribution in [0.25, 0.3) is 0 Å². The second-order valence-electron chi connectivity index (χ2n) is 5.07. The van der Waals surface area contributed by atoms with Crippen LogP contribution in [0.5, 0.6) is 0 Å². The summed E-state index contributed by atoms with van der Waals surface area (Å²) in [5.74, 6) is 0. The summed E-state index contributed by atoms with van der Waals surface area (Å²) in [6.45, 7) is 6.48. The molecule has 0 aliphatic heterocycles. The Labute approximate surface area is 108 Å². The van der Waals surface area contributed by atoms with Crippen molar-refractivity contribution in [1.29, 1.82) is 0 Å². The Morgan fingerprint density at radius 2 is 1.89 bits per heavy atom. The molecule has 0 spiro atoms. The predicted octanol–water partition coefficient (Wildman–Crippen LogP) is 0.428. The molecule has 104 valence electrons. The molecule has 7 heteroatoms. The van der Waals surface area contributed by atoms with E-state index in [0.29, 0.717) is 11.4 Å². The molecular weight excluding hydrogens is 254 g/mol. The maximum atomic E-state index is 12.6. The lowest BCUT2D eigenvalue weighted by Gasteiger charge is -2.32. The Morgan fingerprint density at radius 3 is 2.22 bits per heavy atom. The molecule has 0 amide bonds. The van der Waals surface area contributed by atoms with Crippen LogP contribution in [-0.4, -0.2) is 46.8 Å². The van der Waals surface area contributed by atoms with E-state index in [1.54, 1.807) is 39.4 Å². The van der Waals surface area contributed by atoms with Gasteiger partial charge in [0, 0.05) is 14.1 Å². The van der Waals surface area contributed by atoms with Crippen molar-refractivity contribution >= 4 is 10.0 Å². The number of aryl methyl sites for hydroxylation is 2. The lowest BCUT2D eigenvalue weighted by molar-refractivity contribution is 0.138. The summed E-state index contributed by atoms with van der Waals surface area (Å²) in [5.41, 5.74) is 0.205. The first-order valence-corrected chi connectivity index (χ1v) is 7.10. The van der Waals surface area contributed by atoms with Gasteiger partial charge >= 0.3 is 0 Å². The first-order chi connectivity index (χ1) is 8.05. The van der Waals surface area contributed by atoms with Gasteiger partial charge in [0.25, 0.3) is 0 Å². The predicted molar refractivity (Wildman–Crippen MR) is 68.8 cm³/mol. The van der Waals surface area contributed by atoms with Crippen molar-refractivity contribution in [2.75, 3.05) is 13.7 Å². The highest BCUT2D eigenvalue weighted by Crippen LogP contribution is 2.26. The highest BCUT2D eigenvalue weighted by Gasteiger charge is 2.36. The standard InChI is InChI=1S/C11H21N3O3S/c1-8-10(9(2)13(5)12-8)18(16,17)14(6)11(3,4)7-15/h15H,7H2,1-6H3. The summed E-state index contributed by atoms with van der Waals surface area (Å²) >= 11 is 0. The van der Waals surface area contributed by atoms with Gasteiger partial charge in [-0.05, 0) is 27.7 Å². The molecule has 1 heterocycles. The molecule has 6 nitrogen and oxygen atoms in total. The van der Waals surface area contributed by atoms with Crippen LogP contribution in [0.4, 0.5) is 0 Å². The van der Waals surface area contributed by atoms with Crippen LogP contribution < -0.4 is 0 Å². The molecule has 1 rings (SSSR count). The molecule has 0 saturated heterocycles. The Bertz CT molecular complexity index is 546. The topological polar surface area (TPSA) is 75.4 Å². The Hall–Kier alpha value is -0.920. The Kier molecular flexibility index (Phi) is 3.90. The number of hydrogen-bond acceptors (Lipinski definition) is 4. The van der Waals surface area contributed by atoms with E-state index in [-0.39, 0.29) is 11.5 Å². The van der Waals surface area contributed by atoms with Crippen molar-refractivity contribution < 1.29 is 13.5 Å². The van der Waals surface area contributed by atoms with E-state index in [4.69, 9.17) is 0 Å². The summed E-state index contributed by atoms with van der Waals surface area (Å²) in [6, 6.07) is 0. The van der Waals surface area contributed by atoms with Crippen LogP contribution in [-0.2, 0) is 17.1 Å². The zero-order valence-electron chi connectivity index (χ0n) is 11.7.